The Labute approximate surface area is 202 Å². The molecule has 9 heteroatoms. The molecule has 1 aliphatic rings. The van der Waals surface area contributed by atoms with Crippen LogP contribution in [0.15, 0.2) is 23.0 Å². The number of halogens is 1. The number of H-pyrrole nitrogens is 1. The first kappa shape index (κ1) is 26.8. The number of aryl methyl sites for hydroxylation is 1. The fourth-order valence-corrected chi connectivity index (χ4v) is 3.87. The summed E-state index contributed by atoms with van der Waals surface area (Å²) in [6.45, 7) is 10.6. The van der Waals surface area contributed by atoms with E-state index in [0.717, 1.165) is 38.3 Å². The highest BCUT2D eigenvalue weighted by Crippen LogP contribution is 2.31. The third-order valence-corrected chi connectivity index (χ3v) is 5.73. The SMILES string of the molecule is CCCOc1ccc(NC(=O)CN2CCN(C)CC2)cc1-c1nc(CC)c(CC)c(=O)[nH]1.Cl. The number of carbonyl (C=O) groups is 1. The van der Waals surface area contributed by atoms with Gasteiger partial charge in [-0.15, -0.1) is 12.4 Å². The van der Waals surface area contributed by atoms with Gasteiger partial charge in [-0.05, 0) is 44.5 Å². The minimum atomic E-state index is -0.125. The molecule has 0 radical (unpaired) electrons. The summed E-state index contributed by atoms with van der Waals surface area (Å²) < 4.78 is 5.91. The molecule has 2 heterocycles. The summed E-state index contributed by atoms with van der Waals surface area (Å²) in [6.07, 6.45) is 2.17. The molecule has 0 saturated carbocycles. The van der Waals surface area contributed by atoms with Crippen LogP contribution in [0.3, 0.4) is 0 Å². The highest BCUT2D eigenvalue weighted by Gasteiger charge is 2.18. The van der Waals surface area contributed by atoms with Crippen LogP contribution in [0.1, 0.15) is 38.4 Å². The molecular formula is C24H36ClN5O3. The summed E-state index contributed by atoms with van der Waals surface area (Å²) in [7, 11) is 2.09. The molecule has 0 aliphatic carbocycles. The van der Waals surface area contributed by atoms with Gasteiger partial charge >= 0.3 is 0 Å². The second kappa shape index (κ2) is 12.7. The highest BCUT2D eigenvalue weighted by atomic mass is 35.5. The molecule has 1 saturated heterocycles. The molecule has 1 aromatic carbocycles. The van der Waals surface area contributed by atoms with Gasteiger partial charge in [0.1, 0.15) is 11.6 Å². The van der Waals surface area contributed by atoms with E-state index in [9.17, 15) is 9.59 Å². The number of hydrogen-bond donors (Lipinski definition) is 2. The lowest BCUT2D eigenvalue weighted by Gasteiger charge is -2.31. The summed E-state index contributed by atoms with van der Waals surface area (Å²) in [6, 6.07) is 5.49. The molecule has 33 heavy (non-hydrogen) atoms. The van der Waals surface area contributed by atoms with Gasteiger partial charge < -0.3 is 19.9 Å². The van der Waals surface area contributed by atoms with Crippen molar-refractivity contribution in [1.82, 2.24) is 19.8 Å². The van der Waals surface area contributed by atoms with Crippen LogP contribution in [0.5, 0.6) is 5.75 Å². The van der Waals surface area contributed by atoms with Crippen LogP contribution in [0.2, 0.25) is 0 Å². The second-order valence-electron chi connectivity index (χ2n) is 8.23. The molecule has 0 unspecified atom stereocenters. The quantitative estimate of drug-likeness (QED) is 0.577. The van der Waals surface area contributed by atoms with Crippen molar-refractivity contribution in [3.63, 3.8) is 0 Å². The molecule has 1 amide bonds. The zero-order valence-electron chi connectivity index (χ0n) is 20.1. The Morgan fingerprint density at radius 1 is 1.15 bits per heavy atom. The number of ether oxygens (including phenoxy) is 1. The third-order valence-electron chi connectivity index (χ3n) is 5.73. The van der Waals surface area contributed by atoms with Crippen molar-refractivity contribution in [2.75, 3.05) is 51.7 Å². The normalized spacial score (nSPS) is 14.5. The van der Waals surface area contributed by atoms with Crippen LogP contribution in [-0.4, -0.2) is 72.1 Å². The van der Waals surface area contributed by atoms with Gasteiger partial charge in [0.15, 0.2) is 0 Å². The molecule has 3 rings (SSSR count). The number of anilines is 1. The predicted molar refractivity (Wildman–Crippen MR) is 135 cm³/mol. The van der Waals surface area contributed by atoms with E-state index in [1.807, 2.05) is 39.0 Å². The lowest BCUT2D eigenvalue weighted by molar-refractivity contribution is -0.117. The highest BCUT2D eigenvalue weighted by molar-refractivity contribution is 5.93. The van der Waals surface area contributed by atoms with E-state index >= 15 is 0 Å². The van der Waals surface area contributed by atoms with Crippen molar-refractivity contribution in [2.45, 2.75) is 40.0 Å². The Balaban J connectivity index is 0.00000385. The number of benzene rings is 1. The molecule has 0 bridgehead atoms. The lowest BCUT2D eigenvalue weighted by Crippen LogP contribution is -2.47. The van der Waals surface area contributed by atoms with Gasteiger partial charge in [0, 0.05) is 37.4 Å². The van der Waals surface area contributed by atoms with Crippen molar-refractivity contribution in [3.8, 4) is 17.1 Å². The minimum absolute atomic E-state index is 0. The van der Waals surface area contributed by atoms with Crippen LogP contribution in [0.4, 0.5) is 5.69 Å². The van der Waals surface area contributed by atoms with E-state index in [0.29, 0.717) is 54.4 Å². The Morgan fingerprint density at radius 3 is 2.52 bits per heavy atom. The van der Waals surface area contributed by atoms with Crippen molar-refractivity contribution >= 4 is 24.0 Å². The molecule has 1 aliphatic heterocycles. The first-order chi connectivity index (χ1) is 15.4. The van der Waals surface area contributed by atoms with Gasteiger partial charge in [-0.3, -0.25) is 14.5 Å². The average Bonchev–Trinajstić information content (AvgIpc) is 2.79. The fourth-order valence-electron chi connectivity index (χ4n) is 3.87. The number of nitrogens with zero attached hydrogens (tertiary/aromatic N) is 3. The topological polar surface area (TPSA) is 90.6 Å². The van der Waals surface area contributed by atoms with E-state index in [4.69, 9.17) is 9.72 Å². The van der Waals surface area contributed by atoms with Crippen LogP contribution >= 0.6 is 12.4 Å². The van der Waals surface area contributed by atoms with Crippen LogP contribution in [0, 0.1) is 0 Å². The molecule has 182 valence electrons. The predicted octanol–water partition coefficient (Wildman–Crippen LogP) is 2.96. The molecule has 0 atom stereocenters. The molecular weight excluding hydrogens is 442 g/mol. The third kappa shape index (κ3) is 7.03. The average molecular weight is 478 g/mol. The second-order valence-corrected chi connectivity index (χ2v) is 8.23. The number of aromatic amines is 1. The van der Waals surface area contributed by atoms with Crippen LogP contribution in [-0.2, 0) is 17.6 Å². The van der Waals surface area contributed by atoms with Gasteiger partial charge in [-0.2, -0.15) is 0 Å². The zero-order valence-corrected chi connectivity index (χ0v) is 20.9. The summed E-state index contributed by atoms with van der Waals surface area (Å²) in [5, 5.41) is 2.99. The summed E-state index contributed by atoms with van der Waals surface area (Å²) in [5.41, 5.74) is 2.70. The van der Waals surface area contributed by atoms with Gasteiger partial charge in [-0.1, -0.05) is 20.8 Å². The zero-order chi connectivity index (χ0) is 23.1. The Kier molecular flexibility index (Phi) is 10.3. The number of aromatic nitrogens is 2. The van der Waals surface area contributed by atoms with Crippen LogP contribution in [0.25, 0.3) is 11.4 Å². The summed E-state index contributed by atoms with van der Waals surface area (Å²) in [4.78, 5) is 37.3. The number of nitrogens with one attached hydrogen (secondary N) is 2. The first-order valence-corrected chi connectivity index (χ1v) is 11.5. The van der Waals surface area contributed by atoms with Crippen molar-refractivity contribution in [1.29, 1.82) is 0 Å². The van der Waals surface area contributed by atoms with Gasteiger partial charge in [0.2, 0.25) is 5.91 Å². The molecule has 2 aromatic rings. The van der Waals surface area contributed by atoms with Gasteiger partial charge in [-0.25, -0.2) is 4.98 Å². The number of piperazine rings is 1. The largest absolute Gasteiger partial charge is 0.493 e. The number of amides is 1. The number of rotatable bonds is 9. The monoisotopic (exact) mass is 477 g/mol. The van der Waals surface area contributed by atoms with E-state index in [-0.39, 0.29) is 23.9 Å². The number of hydrogen-bond acceptors (Lipinski definition) is 6. The maximum Gasteiger partial charge on any atom is 0.254 e. The van der Waals surface area contributed by atoms with Crippen molar-refractivity contribution < 1.29 is 9.53 Å². The maximum atomic E-state index is 12.6. The van der Waals surface area contributed by atoms with E-state index in [1.54, 1.807) is 0 Å². The smallest absolute Gasteiger partial charge is 0.254 e. The molecule has 1 aromatic heterocycles. The fraction of sp³-hybridized carbons (Fsp3) is 0.542. The Morgan fingerprint density at radius 2 is 1.88 bits per heavy atom. The maximum absolute atomic E-state index is 12.6. The molecule has 8 nitrogen and oxygen atoms in total. The number of carbonyl (C=O) groups excluding carboxylic acids is 1. The van der Waals surface area contributed by atoms with Crippen LogP contribution < -0.4 is 15.6 Å². The van der Waals surface area contributed by atoms with Crippen molar-refractivity contribution in [2.24, 2.45) is 0 Å². The minimum Gasteiger partial charge on any atom is -0.493 e. The van der Waals surface area contributed by atoms with E-state index < -0.39 is 0 Å². The van der Waals surface area contributed by atoms with Crippen molar-refractivity contribution in [3.05, 3.63) is 39.8 Å². The van der Waals surface area contributed by atoms with E-state index in [2.05, 4.69) is 27.1 Å². The Hall–Kier alpha value is -2.42. The van der Waals surface area contributed by atoms with E-state index in [1.165, 1.54) is 0 Å². The Bertz CT molecular complexity index is 987. The first-order valence-electron chi connectivity index (χ1n) is 11.5. The lowest BCUT2D eigenvalue weighted by atomic mass is 10.1. The molecule has 1 fully saturated rings. The molecule has 0 spiro atoms. The summed E-state index contributed by atoms with van der Waals surface area (Å²) in [5.74, 6) is 1.04. The van der Waals surface area contributed by atoms with Gasteiger partial charge in [0.05, 0.1) is 24.4 Å². The number of likely N-dealkylation sites (N-methyl/N-ethyl adjacent to an activating group) is 1. The molecule has 2 N–H and O–H groups in total. The van der Waals surface area contributed by atoms with Gasteiger partial charge in [0.25, 0.3) is 5.56 Å². The summed E-state index contributed by atoms with van der Waals surface area (Å²) >= 11 is 0. The standard InChI is InChI=1S/C24H35N5O3.ClH/c1-5-14-32-21-9-8-17(25-22(30)16-29-12-10-28(4)11-13-29)15-19(21)23-26-20(7-3)18(6-2)24(31)27-23;/h8-9,15H,5-7,10-14,16H2,1-4H3,(H,25,30)(H,26,27,31);1H.